The van der Waals surface area contributed by atoms with Crippen molar-refractivity contribution in [3.63, 3.8) is 0 Å². The van der Waals surface area contributed by atoms with Crippen molar-refractivity contribution >= 4 is 52.7 Å². The molecule has 0 unspecified atom stereocenters. The van der Waals surface area contributed by atoms with Crippen LogP contribution in [0.4, 0.5) is 0 Å². The van der Waals surface area contributed by atoms with Crippen LogP contribution in [0.15, 0.2) is 22.7 Å². The minimum Gasteiger partial charge on any atom is -0.491 e. The highest BCUT2D eigenvalue weighted by molar-refractivity contribution is 8.03. The molecule has 0 radical (unpaired) electrons. The number of nitrogens with one attached hydrogen (secondary N) is 2. The maximum atomic E-state index is 12.9. The van der Waals surface area contributed by atoms with Crippen LogP contribution >= 0.6 is 35.0 Å². The van der Waals surface area contributed by atoms with Crippen molar-refractivity contribution in [1.82, 2.24) is 10.6 Å². The summed E-state index contributed by atoms with van der Waals surface area (Å²) < 4.78 is 15.2. The Morgan fingerprint density at radius 1 is 1.26 bits per heavy atom. The molecular weight excluding hydrogens is 505 g/mol. The molecule has 1 aromatic rings. The summed E-state index contributed by atoms with van der Waals surface area (Å²) in [5.41, 5.74) is 0.450. The fraction of sp³-hybridized carbons (Fsp3) is 0.455. The molecule has 0 bridgehead atoms. The number of esters is 1. The van der Waals surface area contributed by atoms with E-state index in [2.05, 4.69) is 16.7 Å². The number of halogens is 2. The molecule has 1 aliphatic heterocycles. The van der Waals surface area contributed by atoms with E-state index in [-0.39, 0.29) is 38.1 Å². The molecule has 2 atom stereocenters. The monoisotopic (exact) mass is 529 g/mol. The third kappa shape index (κ3) is 6.79. The molecule has 0 aromatic heterocycles. The fourth-order valence-electron chi connectivity index (χ4n) is 3.35. The SMILES string of the molecule is CCOc1c(Cl)cc([C@@H]2C(C#N)=C(SCC(=O)NCCCOC)NC(=O)[C@@H]2C(=O)OC)cc1Cl. The first-order valence-corrected chi connectivity index (χ1v) is 12.1. The Hall–Kier alpha value is -2.45. The van der Waals surface area contributed by atoms with Gasteiger partial charge in [-0.3, -0.25) is 14.4 Å². The van der Waals surface area contributed by atoms with E-state index < -0.39 is 23.7 Å². The van der Waals surface area contributed by atoms with Crippen LogP contribution < -0.4 is 15.4 Å². The predicted octanol–water partition coefficient (Wildman–Crippen LogP) is 3.02. The van der Waals surface area contributed by atoms with Gasteiger partial charge < -0.3 is 24.8 Å². The first kappa shape index (κ1) is 27.8. The molecule has 12 heteroatoms. The van der Waals surface area contributed by atoms with E-state index in [1.807, 2.05) is 0 Å². The van der Waals surface area contributed by atoms with Gasteiger partial charge in [-0.1, -0.05) is 35.0 Å². The summed E-state index contributed by atoms with van der Waals surface area (Å²) in [5, 5.41) is 15.8. The van der Waals surface area contributed by atoms with Crippen LogP contribution in [0.1, 0.15) is 24.8 Å². The number of benzene rings is 1. The van der Waals surface area contributed by atoms with E-state index in [0.717, 1.165) is 18.9 Å². The first-order chi connectivity index (χ1) is 16.3. The van der Waals surface area contributed by atoms with Gasteiger partial charge in [0.05, 0.1) is 46.2 Å². The zero-order valence-corrected chi connectivity index (χ0v) is 21.2. The lowest BCUT2D eigenvalue weighted by molar-refractivity contribution is -0.150. The number of methoxy groups -OCH3 is 2. The number of carbonyl (C=O) groups excluding carboxylic acids is 3. The number of thioether (sulfide) groups is 1. The zero-order valence-electron chi connectivity index (χ0n) is 18.9. The van der Waals surface area contributed by atoms with Crippen molar-refractivity contribution in [2.24, 2.45) is 5.92 Å². The van der Waals surface area contributed by atoms with Crippen LogP contribution in [0.2, 0.25) is 10.0 Å². The summed E-state index contributed by atoms with van der Waals surface area (Å²) in [6.07, 6.45) is 0.651. The number of ether oxygens (including phenoxy) is 3. The number of nitriles is 1. The van der Waals surface area contributed by atoms with E-state index in [1.54, 1.807) is 14.0 Å². The third-order valence-electron chi connectivity index (χ3n) is 4.85. The molecule has 0 fully saturated rings. The van der Waals surface area contributed by atoms with Gasteiger partial charge in [-0.15, -0.1) is 0 Å². The summed E-state index contributed by atoms with van der Waals surface area (Å²) >= 11 is 13.7. The largest absolute Gasteiger partial charge is 0.491 e. The Kier molecular flexibility index (Phi) is 11.0. The average molecular weight is 530 g/mol. The number of carbonyl (C=O) groups is 3. The predicted molar refractivity (Wildman–Crippen MR) is 129 cm³/mol. The quantitative estimate of drug-likeness (QED) is 0.254. The minimum absolute atomic E-state index is 0.0474. The lowest BCUT2D eigenvalue weighted by atomic mass is 9.78. The van der Waals surface area contributed by atoms with Gasteiger partial charge in [0, 0.05) is 26.2 Å². The van der Waals surface area contributed by atoms with Crippen molar-refractivity contribution < 1.29 is 28.6 Å². The number of rotatable bonds is 11. The maximum absolute atomic E-state index is 12.9. The summed E-state index contributed by atoms with van der Waals surface area (Å²) in [6, 6.07) is 5.06. The Morgan fingerprint density at radius 2 is 1.94 bits per heavy atom. The molecule has 184 valence electrons. The van der Waals surface area contributed by atoms with Gasteiger partial charge in [0.15, 0.2) is 5.75 Å². The fourth-order valence-corrected chi connectivity index (χ4v) is 4.85. The van der Waals surface area contributed by atoms with Gasteiger partial charge >= 0.3 is 5.97 Å². The highest BCUT2D eigenvalue weighted by Crippen LogP contribution is 2.44. The molecule has 34 heavy (non-hydrogen) atoms. The average Bonchev–Trinajstić information content (AvgIpc) is 2.81. The molecule has 1 heterocycles. The Labute approximate surface area is 212 Å². The molecular formula is C22H25Cl2N3O6S. The van der Waals surface area contributed by atoms with Crippen molar-refractivity contribution in [3.8, 4) is 11.8 Å². The lowest BCUT2D eigenvalue weighted by Gasteiger charge is -2.31. The summed E-state index contributed by atoms with van der Waals surface area (Å²) in [4.78, 5) is 37.6. The molecule has 0 aliphatic carbocycles. The van der Waals surface area contributed by atoms with Crippen LogP contribution in [0.5, 0.6) is 5.75 Å². The Morgan fingerprint density at radius 3 is 2.50 bits per heavy atom. The molecule has 0 saturated heterocycles. The van der Waals surface area contributed by atoms with E-state index in [9.17, 15) is 19.6 Å². The summed E-state index contributed by atoms with van der Waals surface area (Å²) in [6.45, 7) is 3.04. The first-order valence-electron chi connectivity index (χ1n) is 10.3. The third-order valence-corrected chi connectivity index (χ3v) is 6.43. The molecule has 1 aliphatic rings. The lowest BCUT2D eigenvalue weighted by Crippen LogP contribution is -2.44. The van der Waals surface area contributed by atoms with E-state index in [1.165, 1.54) is 12.1 Å². The number of amides is 2. The second-order valence-corrected chi connectivity index (χ2v) is 8.85. The number of hydrogen-bond acceptors (Lipinski definition) is 8. The van der Waals surface area contributed by atoms with E-state index >= 15 is 0 Å². The molecule has 0 saturated carbocycles. The van der Waals surface area contributed by atoms with Crippen LogP contribution in [-0.2, 0) is 23.9 Å². The Balaban J connectivity index is 2.42. The number of hydrogen-bond donors (Lipinski definition) is 2. The standard InChI is InChI=1S/C22H25Cl2N3O6S/c1-4-33-19-14(23)8-12(9-15(19)24)17-13(10-25)21(27-20(29)18(17)22(30)32-3)34-11-16(28)26-6-5-7-31-2/h8-9,17-18H,4-7,11H2,1-3H3,(H,26,28)(H,27,29)/t17-,18-/m1/s1. The van der Waals surface area contributed by atoms with E-state index in [4.69, 9.17) is 37.4 Å². The minimum atomic E-state index is -1.35. The maximum Gasteiger partial charge on any atom is 0.319 e. The Bertz CT molecular complexity index is 988. The van der Waals surface area contributed by atoms with Gasteiger partial charge in [0.25, 0.3) is 0 Å². The molecule has 9 nitrogen and oxygen atoms in total. The smallest absolute Gasteiger partial charge is 0.319 e. The highest BCUT2D eigenvalue weighted by Gasteiger charge is 2.44. The summed E-state index contributed by atoms with van der Waals surface area (Å²) in [7, 11) is 2.72. The van der Waals surface area contributed by atoms with Crippen LogP contribution in [0, 0.1) is 17.2 Å². The van der Waals surface area contributed by atoms with Gasteiger partial charge in [0.1, 0.15) is 5.92 Å². The second-order valence-electron chi connectivity index (χ2n) is 7.05. The van der Waals surface area contributed by atoms with Crippen molar-refractivity contribution in [3.05, 3.63) is 38.3 Å². The topological polar surface area (TPSA) is 127 Å². The van der Waals surface area contributed by atoms with Crippen molar-refractivity contribution in [1.29, 1.82) is 5.26 Å². The number of nitrogens with zero attached hydrogens (tertiary/aromatic N) is 1. The highest BCUT2D eigenvalue weighted by atomic mass is 35.5. The zero-order chi connectivity index (χ0) is 25.3. The molecule has 2 rings (SSSR count). The van der Waals surface area contributed by atoms with Gasteiger partial charge in [-0.05, 0) is 31.0 Å². The second kappa shape index (κ2) is 13.4. The van der Waals surface area contributed by atoms with Crippen LogP contribution in [0.3, 0.4) is 0 Å². The van der Waals surface area contributed by atoms with Gasteiger partial charge in [0.2, 0.25) is 11.8 Å². The summed E-state index contributed by atoms with van der Waals surface area (Å²) in [5.74, 6) is -3.93. The van der Waals surface area contributed by atoms with Gasteiger partial charge in [-0.25, -0.2) is 0 Å². The number of allylic oxidation sites excluding steroid dienone is 1. The molecule has 2 amide bonds. The van der Waals surface area contributed by atoms with Crippen molar-refractivity contribution in [2.45, 2.75) is 19.3 Å². The molecule has 1 aromatic carbocycles. The van der Waals surface area contributed by atoms with Gasteiger partial charge in [-0.2, -0.15) is 5.26 Å². The molecule has 2 N–H and O–H groups in total. The molecule has 0 spiro atoms. The van der Waals surface area contributed by atoms with Crippen LogP contribution in [-0.4, -0.2) is 57.5 Å². The van der Waals surface area contributed by atoms with Crippen molar-refractivity contribution in [2.75, 3.05) is 39.7 Å². The van der Waals surface area contributed by atoms with E-state index in [0.29, 0.717) is 31.7 Å². The normalized spacial score (nSPS) is 17.6. The van der Waals surface area contributed by atoms with Crippen LogP contribution in [0.25, 0.3) is 0 Å².